The largest absolute Gasteiger partial charge is 0.501 e. The molecule has 0 aliphatic carbocycles. The average Bonchev–Trinajstić information content (AvgIpc) is 2.68. The molecule has 0 radical (unpaired) electrons. The van der Waals surface area contributed by atoms with Crippen LogP contribution in [0.15, 0.2) is 21.7 Å². The molecule has 1 aromatic carbocycles. The molecule has 0 saturated carbocycles. The van der Waals surface area contributed by atoms with Gasteiger partial charge in [-0.15, -0.1) is 0 Å². The van der Waals surface area contributed by atoms with Crippen molar-refractivity contribution in [2.75, 3.05) is 0 Å². The van der Waals surface area contributed by atoms with E-state index in [1.165, 1.54) is 0 Å². The fourth-order valence-electron chi connectivity index (χ4n) is 1.36. The molecule has 108 valence electrons. The van der Waals surface area contributed by atoms with Gasteiger partial charge in [0.2, 0.25) is 5.52 Å². The van der Waals surface area contributed by atoms with Gasteiger partial charge in [0.25, 0.3) is 9.84 Å². The number of rotatable bonds is 2. The first-order valence-electron chi connectivity index (χ1n) is 4.55. The van der Waals surface area contributed by atoms with Crippen molar-refractivity contribution in [2.45, 2.75) is 10.4 Å². The lowest BCUT2D eigenvalue weighted by atomic mass is 10.3. The van der Waals surface area contributed by atoms with E-state index in [-0.39, 0.29) is 6.07 Å². The lowest BCUT2D eigenvalue weighted by Gasteiger charge is -2.07. The molecule has 0 spiro atoms. The monoisotopic (exact) mass is 313 g/mol. The topological polar surface area (TPSA) is 130 Å². The molecule has 0 N–H and O–H groups in total. The molecule has 20 heavy (non-hydrogen) atoms. The van der Waals surface area contributed by atoms with Crippen molar-refractivity contribution in [3.05, 3.63) is 27.5 Å². The Morgan fingerprint density at radius 1 is 1.35 bits per heavy atom. The standard InChI is InChI=1S/C7H2F3N3O6S/c8-7(9,10)20(17,18)3-1-4(12(14)15)6-5(2-3)13(16)19-11-6/h1-2H. The van der Waals surface area contributed by atoms with Crippen LogP contribution in [0.3, 0.4) is 0 Å². The minimum Gasteiger partial charge on any atom is -0.359 e. The molecule has 0 aliphatic heterocycles. The van der Waals surface area contributed by atoms with Gasteiger partial charge in [-0.2, -0.15) is 13.2 Å². The van der Waals surface area contributed by atoms with Crippen molar-refractivity contribution in [3.8, 4) is 0 Å². The summed E-state index contributed by atoms with van der Waals surface area (Å²) in [5, 5.41) is 24.7. The third-order valence-corrected chi connectivity index (χ3v) is 3.72. The molecular weight excluding hydrogens is 311 g/mol. The van der Waals surface area contributed by atoms with Crippen molar-refractivity contribution in [2.24, 2.45) is 0 Å². The molecule has 0 saturated heterocycles. The summed E-state index contributed by atoms with van der Waals surface area (Å²) in [6, 6.07) is 0.461. The Kier molecular flexibility index (Phi) is 2.81. The second kappa shape index (κ2) is 4.03. The highest BCUT2D eigenvalue weighted by molar-refractivity contribution is 7.92. The molecule has 9 nitrogen and oxygen atoms in total. The maximum absolute atomic E-state index is 12.4. The van der Waals surface area contributed by atoms with Crippen LogP contribution < -0.4 is 4.90 Å². The van der Waals surface area contributed by atoms with E-state index in [0.29, 0.717) is 6.07 Å². The number of non-ortho nitro benzene ring substituents is 1. The van der Waals surface area contributed by atoms with Crippen molar-refractivity contribution in [3.63, 3.8) is 0 Å². The molecule has 0 fully saturated rings. The van der Waals surface area contributed by atoms with Gasteiger partial charge in [-0.05, 0) is 4.90 Å². The van der Waals surface area contributed by atoms with Gasteiger partial charge in [-0.25, -0.2) is 8.42 Å². The highest BCUT2D eigenvalue weighted by Crippen LogP contribution is 2.34. The SMILES string of the molecule is O=[N+]([O-])c1cc(S(=O)(=O)C(F)(F)F)cc2c1no[n+]2[O-]. The van der Waals surface area contributed by atoms with Crippen LogP contribution in [0.4, 0.5) is 18.9 Å². The highest BCUT2D eigenvalue weighted by atomic mass is 32.2. The van der Waals surface area contributed by atoms with Gasteiger partial charge in [0, 0.05) is 12.1 Å². The Balaban J connectivity index is 2.87. The van der Waals surface area contributed by atoms with E-state index in [2.05, 4.69) is 9.79 Å². The minimum absolute atomic E-state index is 0.160. The number of nitro groups is 1. The third-order valence-electron chi connectivity index (χ3n) is 2.26. The van der Waals surface area contributed by atoms with Crippen LogP contribution in [0.1, 0.15) is 0 Å². The van der Waals surface area contributed by atoms with Crippen LogP contribution in [-0.2, 0) is 9.84 Å². The zero-order valence-corrected chi connectivity index (χ0v) is 9.80. The summed E-state index contributed by atoms with van der Waals surface area (Å²) in [7, 11) is -5.84. The number of alkyl halides is 3. The molecule has 13 heteroatoms. The summed E-state index contributed by atoms with van der Waals surface area (Å²) in [6.07, 6.45) is 0. The molecule has 0 amide bonds. The van der Waals surface area contributed by atoms with E-state index in [4.69, 9.17) is 0 Å². The summed E-state index contributed by atoms with van der Waals surface area (Å²) in [6.45, 7) is 0. The lowest BCUT2D eigenvalue weighted by molar-refractivity contribution is -0.782. The number of aromatic nitrogens is 2. The second-order valence-corrected chi connectivity index (χ2v) is 5.39. The van der Waals surface area contributed by atoms with E-state index >= 15 is 0 Å². The first-order valence-corrected chi connectivity index (χ1v) is 6.03. The summed E-state index contributed by atoms with van der Waals surface area (Å²) < 4.78 is 63.6. The Morgan fingerprint density at radius 3 is 2.45 bits per heavy atom. The molecule has 0 atom stereocenters. The molecule has 0 bridgehead atoms. The van der Waals surface area contributed by atoms with E-state index in [9.17, 15) is 36.9 Å². The van der Waals surface area contributed by atoms with Gasteiger partial charge >= 0.3 is 16.7 Å². The molecule has 2 rings (SSSR count). The number of hydrogen-bond donors (Lipinski definition) is 0. The quantitative estimate of drug-likeness (QED) is 0.452. The number of hydrogen-bond acceptors (Lipinski definition) is 7. The molecule has 2 aromatic rings. The van der Waals surface area contributed by atoms with Gasteiger partial charge < -0.3 is 5.21 Å². The number of halogens is 3. The van der Waals surface area contributed by atoms with Crippen molar-refractivity contribution in [1.29, 1.82) is 0 Å². The smallest absolute Gasteiger partial charge is 0.359 e. The van der Waals surface area contributed by atoms with Crippen LogP contribution in [0.5, 0.6) is 0 Å². The Labute approximate surface area is 106 Å². The zero-order chi connectivity index (χ0) is 15.3. The summed E-state index contributed by atoms with van der Waals surface area (Å²) in [4.78, 5) is 7.63. The van der Waals surface area contributed by atoms with Crippen LogP contribution >= 0.6 is 0 Å². The number of benzene rings is 1. The van der Waals surface area contributed by atoms with Crippen molar-refractivity contribution in [1.82, 2.24) is 5.16 Å². The second-order valence-electron chi connectivity index (χ2n) is 3.45. The average molecular weight is 313 g/mol. The number of nitrogens with zero attached hydrogens (tertiary/aromatic N) is 3. The third kappa shape index (κ3) is 1.91. The molecule has 1 heterocycles. The predicted octanol–water partition coefficient (Wildman–Crippen LogP) is 0.663. The minimum atomic E-state index is -5.84. The summed E-state index contributed by atoms with van der Waals surface area (Å²) in [5.41, 5.74) is -8.23. The van der Waals surface area contributed by atoms with Gasteiger partial charge in [0.05, 0.1) is 15.0 Å². The fourth-order valence-corrected chi connectivity index (χ4v) is 2.16. The van der Waals surface area contributed by atoms with Crippen molar-refractivity contribution >= 4 is 26.6 Å². The zero-order valence-electron chi connectivity index (χ0n) is 8.99. The van der Waals surface area contributed by atoms with Gasteiger partial charge in [-0.1, -0.05) is 0 Å². The van der Waals surface area contributed by atoms with Gasteiger partial charge in [0.1, 0.15) is 0 Å². The van der Waals surface area contributed by atoms with Gasteiger partial charge in [-0.3, -0.25) is 14.7 Å². The molecule has 0 unspecified atom stereocenters. The Hall–Kier alpha value is -2.44. The molecular formula is C7H2F3N3O6S. The van der Waals surface area contributed by atoms with Gasteiger partial charge in [0.15, 0.2) is 0 Å². The first-order chi connectivity index (χ1) is 9.05. The Morgan fingerprint density at radius 2 is 1.95 bits per heavy atom. The van der Waals surface area contributed by atoms with Crippen LogP contribution in [0, 0.1) is 15.3 Å². The molecule has 1 aromatic heterocycles. The Bertz CT molecular complexity index is 811. The number of sulfone groups is 1. The van der Waals surface area contributed by atoms with E-state index in [1.807, 2.05) is 0 Å². The van der Waals surface area contributed by atoms with Crippen LogP contribution in [-0.4, -0.2) is 24.0 Å². The van der Waals surface area contributed by atoms with Crippen LogP contribution in [0.2, 0.25) is 0 Å². The van der Waals surface area contributed by atoms with Crippen LogP contribution in [0.25, 0.3) is 11.0 Å². The summed E-state index contributed by atoms with van der Waals surface area (Å²) >= 11 is 0. The maximum atomic E-state index is 12.4. The molecule has 0 aliphatic rings. The highest BCUT2D eigenvalue weighted by Gasteiger charge is 2.48. The fraction of sp³-hybridized carbons (Fsp3) is 0.143. The van der Waals surface area contributed by atoms with Crippen molar-refractivity contribution < 1.29 is 36.0 Å². The predicted molar refractivity (Wildman–Crippen MR) is 52.9 cm³/mol. The normalized spacial score (nSPS) is 12.8. The van der Waals surface area contributed by atoms with E-state index < -0.39 is 46.8 Å². The first kappa shape index (κ1) is 14.0. The van der Waals surface area contributed by atoms with E-state index in [1.54, 1.807) is 0 Å². The summed E-state index contributed by atoms with van der Waals surface area (Å²) in [5.74, 6) is 0. The number of nitro benzene ring substituents is 1. The lowest BCUT2D eigenvalue weighted by Crippen LogP contribution is -2.25. The number of fused-ring (bicyclic) bond motifs is 1. The maximum Gasteiger partial charge on any atom is 0.501 e. The van der Waals surface area contributed by atoms with E-state index in [0.717, 1.165) is 0 Å².